The predicted molar refractivity (Wildman–Crippen MR) is 99.6 cm³/mol. The van der Waals surface area contributed by atoms with Crippen LogP contribution in [0.25, 0.3) is 6.08 Å². The molecule has 1 amide bonds. The molecule has 0 aromatic heterocycles. The van der Waals surface area contributed by atoms with E-state index in [1.165, 1.54) is 16.7 Å². The second kappa shape index (κ2) is 6.75. The van der Waals surface area contributed by atoms with E-state index in [0.717, 1.165) is 43.6 Å². The van der Waals surface area contributed by atoms with Crippen LogP contribution in [0.2, 0.25) is 0 Å². The normalized spacial score (nSPS) is 18.5. The number of aryl methyl sites for hydroxylation is 1. The molecule has 3 heteroatoms. The summed E-state index contributed by atoms with van der Waals surface area (Å²) in [7, 11) is 1.91. The van der Waals surface area contributed by atoms with Crippen molar-refractivity contribution in [1.29, 1.82) is 0 Å². The molecule has 1 unspecified atom stereocenters. The molecular weight excluding hydrogens is 310 g/mol. The quantitative estimate of drug-likeness (QED) is 0.789. The second-order valence-corrected chi connectivity index (χ2v) is 6.85. The number of fused-ring (bicyclic) bond motifs is 2. The molecule has 2 aromatic rings. The summed E-state index contributed by atoms with van der Waals surface area (Å²) in [5, 5.41) is 0. The summed E-state index contributed by atoms with van der Waals surface area (Å²) in [5.74, 6) is 1.03. The van der Waals surface area contributed by atoms with Crippen LogP contribution >= 0.6 is 0 Å². The lowest BCUT2D eigenvalue weighted by Gasteiger charge is -2.32. The number of amides is 1. The molecule has 1 heterocycles. The number of nitrogens with zero attached hydrogens (tertiary/aromatic N) is 1. The van der Waals surface area contributed by atoms with Gasteiger partial charge in [0, 0.05) is 19.5 Å². The van der Waals surface area contributed by atoms with E-state index in [-0.39, 0.29) is 11.9 Å². The summed E-state index contributed by atoms with van der Waals surface area (Å²) in [6, 6.07) is 14.8. The Labute approximate surface area is 148 Å². The Morgan fingerprint density at radius 2 is 2.04 bits per heavy atom. The van der Waals surface area contributed by atoms with Gasteiger partial charge in [0.05, 0.1) is 12.6 Å². The van der Waals surface area contributed by atoms with Gasteiger partial charge in [0.1, 0.15) is 5.75 Å². The van der Waals surface area contributed by atoms with Crippen molar-refractivity contribution in [3.8, 4) is 5.75 Å². The standard InChI is InChI=1S/C22H23NO2/c1-23(20-8-4-6-17-5-2-3-7-19(17)20)22(24)12-10-16-9-11-21-18(15-16)13-14-25-21/h2-3,5,7,9-12,15,20H,4,6,8,13-14H2,1H3/b12-10+. The molecule has 0 spiro atoms. The predicted octanol–water partition coefficient (Wildman–Crippen LogP) is 4.17. The zero-order valence-electron chi connectivity index (χ0n) is 14.6. The highest BCUT2D eigenvalue weighted by atomic mass is 16.5. The fourth-order valence-corrected chi connectivity index (χ4v) is 3.88. The fourth-order valence-electron chi connectivity index (χ4n) is 3.88. The highest BCUT2D eigenvalue weighted by Gasteiger charge is 2.25. The second-order valence-electron chi connectivity index (χ2n) is 6.85. The molecule has 2 aliphatic rings. The zero-order valence-corrected chi connectivity index (χ0v) is 14.6. The Morgan fingerprint density at radius 1 is 1.16 bits per heavy atom. The Hall–Kier alpha value is -2.55. The molecule has 1 aliphatic heterocycles. The molecule has 4 rings (SSSR count). The highest BCUT2D eigenvalue weighted by Crippen LogP contribution is 2.33. The third-order valence-electron chi connectivity index (χ3n) is 5.28. The molecule has 3 nitrogen and oxygen atoms in total. The average molecular weight is 333 g/mol. The van der Waals surface area contributed by atoms with E-state index >= 15 is 0 Å². The highest BCUT2D eigenvalue weighted by molar-refractivity contribution is 5.92. The van der Waals surface area contributed by atoms with Crippen LogP contribution in [0, 0.1) is 0 Å². The summed E-state index contributed by atoms with van der Waals surface area (Å²) in [6.45, 7) is 0.755. The lowest BCUT2D eigenvalue weighted by Crippen LogP contribution is -2.32. The first-order valence-electron chi connectivity index (χ1n) is 9.01. The average Bonchev–Trinajstić information content (AvgIpc) is 3.13. The topological polar surface area (TPSA) is 29.5 Å². The minimum atomic E-state index is 0.0541. The van der Waals surface area contributed by atoms with Crippen molar-refractivity contribution in [2.45, 2.75) is 31.7 Å². The van der Waals surface area contributed by atoms with Crippen LogP contribution in [-0.2, 0) is 17.6 Å². The fraction of sp³-hybridized carbons (Fsp3) is 0.318. The monoisotopic (exact) mass is 333 g/mol. The van der Waals surface area contributed by atoms with Gasteiger partial charge >= 0.3 is 0 Å². The maximum Gasteiger partial charge on any atom is 0.246 e. The van der Waals surface area contributed by atoms with Crippen molar-refractivity contribution in [2.75, 3.05) is 13.7 Å². The number of hydrogen-bond acceptors (Lipinski definition) is 2. The van der Waals surface area contributed by atoms with E-state index in [1.807, 2.05) is 30.2 Å². The minimum Gasteiger partial charge on any atom is -0.493 e. The zero-order chi connectivity index (χ0) is 17.2. The van der Waals surface area contributed by atoms with E-state index in [0.29, 0.717) is 0 Å². The number of hydrogen-bond donors (Lipinski definition) is 0. The Bertz CT molecular complexity index is 825. The van der Waals surface area contributed by atoms with Gasteiger partial charge in [-0.3, -0.25) is 4.79 Å². The first kappa shape index (κ1) is 15.9. The molecule has 0 bridgehead atoms. The van der Waals surface area contributed by atoms with Gasteiger partial charge in [0.25, 0.3) is 0 Å². The Morgan fingerprint density at radius 3 is 2.96 bits per heavy atom. The van der Waals surface area contributed by atoms with Gasteiger partial charge in [0.15, 0.2) is 0 Å². The molecule has 25 heavy (non-hydrogen) atoms. The number of carbonyl (C=O) groups excluding carboxylic acids is 1. The van der Waals surface area contributed by atoms with Crippen molar-refractivity contribution in [1.82, 2.24) is 4.90 Å². The molecule has 0 radical (unpaired) electrons. The van der Waals surface area contributed by atoms with E-state index in [1.54, 1.807) is 6.08 Å². The summed E-state index contributed by atoms with van der Waals surface area (Å²) in [6.07, 6.45) is 7.82. The summed E-state index contributed by atoms with van der Waals surface area (Å²) in [4.78, 5) is 14.6. The molecule has 1 aliphatic carbocycles. The SMILES string of the molecule is CN(C(=O)/C=C/c1ccc2c(c1)CCO2)C1CCCc2ccccc21. The van der Waals surface area contributed by atoms with Gasteiger partial charge < -0.3 is 9.64 Å². The number of benzene rings is 2. The van der Waals surface area contributed by atoms with Crippen LogP contribution in [0.4, 0.5) is 0 Å². The first-order valence-corrected chi connectivity index (χ1v) is 9.01. The van der Waals surface area contributed by atoms with Crippen LogP contribution in [0.1, 0.15) is 41.1 Å². The van der Waals surface area contributed by atoms with Gasteiger partial charge in [-0.25, -0.2) is 0 Å². The van der Waals surface area contributed by atoms with E-state index in [9.17, 15) is 4.79 Å². The summed E-state index contributed by atoms with van der Waals surface area (Å²) >= 11 is 0. The van der Waals surface area contributed by atoms with Crippen LogP contribution in [-0.4, -0.2) is 24.5 Å². The van der Waals surface area contributed by atoms with Gasteiger partial charge in [-0.1, -0.05) is 30.3 Å². The van der Waals surface area contributed by atoms with Crippen LogP contribution in [0.15, 0.2) is 48.5 Å². The third kappa shape index (κ3) is 3.19. The van der Waals surface area contributed by atoms with Crippen molar-refractivity contribution in [2.24, 2.45) is 0 Å². The molecule has 1 atom stereocenters. The van der Waals surface area contributed by atoms with E-state index in [2.05, 4.69) is 30.3 Å². The minimum absolute atomic E-state index is 0.0541. The Balaban J connectivity index is 1.50. The van der Waals surface area contributed by atoms with Crippen molar-refractivity contribution >= 4 is 12.0 Å². The van der Waals surface area contributed by atoms with Crippen molar-refractivity contribution in [3.63, 3.8) is 0 Å². The van der Waals surface area contributed by atoms with Gasteiger partial charge in [0.2, 0.25) is 5.91 Å². The summed E-state index contributed by atoms with van der Waals surface area (Å²) in [5.41, 5.74) is 4.95. The lowest BCUT2D eigenvalue weighted by atomic mass is 9.87. The lowest BCUT2D eigenvalue weighted by molar-refractivity contribution is -0.127. The molecule has 128 valence electrons. The number of likely N-dealkylation sites (N-methyl/N-ethyl adjacent to an activating group) is 1. The summed E-state index contributed by atoms with van der Waals surface area (Å²) < 4.78 is 5.53. The first-order chi connectivity index (χ1) is 12.2. The maximum absolute atomic E-state index is 12.7. The van der Waals surface area contributed by atoms with Crippen LogP contribution in [0.5, 0.6) is 5.75 Å². The number of ether oxygens (including phenoxy) is 1. The van der Waals surface area contributed by atoms with Crippen LogP contribution in [0.3, 0.4) is 0 Å². The molecule has 0 N–H and O–H groups in total. The smallest absolute Gasteiger partial charge is 0.246 e. The largest absolute Gasteiger partial charge is 0.493 e. The van der Waals surface area contributed by atoms with Gasteiger partial charge in [-0.15, -0.1) is 0 Å². The van der Waals surface area contributed by atoms with Gasteiger partial charge in [-0.05, 0) is 59.7 Å². The van der Waals surface area contributed by atoms with Crippen molar-refractivity contribution in [3.05, 3.63) is 70.8 Å². The van der Waals surface area contributed by atoms with E-state index < -0.39 is 0 Å². The molecule has 2 aromatic carbocycles. The number of carbonyl (C=O) groups is 1. The van der Waals surface area contributed by atoms with Gasteiger partial charge in [-0.2, -0.15) is 0 Å². The van der Waals surface area contributed by atoms with Crippen molar-refractivity contribution < 1.29 is 9.53 Å². The Kier molecular flexibility index (Phi) is 4.31. The molecular formula is C22H23NO2. The molecule has 0 saturated carbocycles. The maximum atomic E-state index is 12.7. The molecule has 0 fully saturated rings. The number of rotatable bonds is 3. The van der Waals surface area contributed by atoms with E-state index in [4.69, 9.17) is 4.74 Å². The third-order valence-corrected chi connectivity index (χ3v) is 5.28. The van der Waals surface area contributed by atoms with Crippen LogP contribution < -0.4 is 4.74 Å². The molecule has 0 saturated heterocycles.